The summed E-state index contributed by atoms with van der Waals surface area (Å²) in [6.45, 7) is 0. The molecule has 0 saturated carbocycles. The van der Waals surface area contributed by atoms with Crippen LogP contribution in [0.15, 0.2) is 54.6 Å². The highest BCUT2D eigenvalue weighted by molar-refractivity contribution is 14.1. The van der Waals surface area contributed by atoms with Gasteiger partial charge in [-0.1, -0.05) is 36.4 Å². The summed E-state index contributed by atoms with van der Waals surface area (Å²) in [5, 5.41) is 2.83. The third kappa shape index (κ3) is 4.33. The van der Waals surface area contributed by atoms with Gasteiger partial charge in [-0.2, -0.15) is 0 Å². The van der Waals surface area contributed by atoms with E-state index >= 15 is 0 Å². The average Bonchev–Trinajstić information content (AvgIpc) is 2.40. The van der Waals surface area contributed by atoms with Crippen molar-refractivity contribution in [2.24, 2.45) is 5.73 Å². The minimum Gasteiger partial charge on any atom is -0.325 e. The molecule has 0 heterocycles. The quantitative estimate of drug-likeness (QED) is 0.818. The van der Waals surface area contributed by atoms with Crippen LogP contribution in [0.4, 0.5) is 5.69 Å². The van der Waals surface area contributed by atoms with Gasteiger partial charge in [0, 0.05) is 9.26 Å². The van der Waals surface area contributed by atoms with Crippen LogP contribution in [0.5, 0.6) is 0 Å². The summed E-state index contributed by atoms with van der Waals surface area (Å²) < 4.78 is 1.08. The van der Waals surface area contributed by atoms with Crippen molar-refractivity contribution >= 4 is 34.2 Å². The predicted molar refractivity (Wildman–Crippen MR) is 85.9 cm³/mol. The highest BCUT2D eigenvalue weighted by atomic mass is 127. The third-order valence-electron chi connectivity index (χ3n) is 2.73. The molecule has 19 heavy (non-hydrogen) atoms. The molecular weight excluding hydrogens is 351 g/mol. The van der Waals surface area contributed by atoms with Crippen LogP contribution >= 0.6 is 22.6 Å². The number of nitrogens with two attached hydrogens (primary N) is 1. The van der Waals surface area contributed by atoms with Crippen LogP contribution in [0.2, 0.25) is 0 Å². The van der Waals surface area contributed by atoms with Gasteiger partial charge in [0.2, 0.25) is 5.91 Å². The molecule has 0 aromatic heterocycles. The first-order chi connectivity index (χ1) is 9.15. The molecule has 0 fully saturated rings. The molecule has 0 bridgehead atoms. The maximum atomic E-state index is 12.0. The lowest BCUT2D eigenvalue weighted by molar-refractivity contribution is -0.117. The Bertz CT molecular complexity index is 557. The van der Waals surface area contributed by atoms with Crippen LogP contribution in [0.1, 0.15) is 5.56 Å². The Morgan fingerprint density at radius 2 is 1.89 bits per heavy atom. The highest BCUT2D eigenvalue weighted by Gasteiger charge is 2.14. The van der Waals surface area contributed by atoms with Crippen LogP contribution in [-0.4, -0.2) is 11.9 Å². The molecule has 0 aliphatic heterocycles. The minimum absolute atomic E-state index is 0.161. The number of hydrogen-bond acceptors (Lipinski definition) is 2. The van der Waals surface area contributed by atoms with E-state index in [1.54, 1.807) is 0 Å². The molecular formula is C15H15IN2O. The van der Waals surface area contributed by atoms with Crippen molar-refractivity contribution in [3.8, 4) is 0 Å². The maximum absolute atomic E-state index is 12.0. The number of hydrogen-bond donors (Lipinski definition) is 2. The number of benzene rings is 2. The number of carbonyl (C=O) groups excluding carboxylic acids is 1. The van der Waals surface area contributed by atoms with Gasteiger partial charge in [-0.3, -0.25) is 4.79 Å². The SMILES string of the molecule is N[C@@H](Cc1ccccc1)C(=O)Nc1cccc(I)c1. The van der Waals surface area contributed by atoms with Crippen LogP contribution in [0.25, 0.3) is 0 Å². The number of amides is 1. The van der Waals surface area contributed by atoms with E-state index in [0.717, 1.165) is 14.8 Å². The fourth-order valence-electron chi connectivity index (χ4n) is 1.76. The zero-order valence-electron chi connectivity index (χ0n) is 10.3. The van der Waals surface area contributed by atoms with Gasteiger partial charge in [-0.25, -0.2) is 0 Å². The summed E-state index contributed by atoms with van der Waals surface area (Å²) in [5.41, 5.74) is 7.76. The first-order valence-corrected chi connectivity index (χ1v) is 7.09. The molecule has 0 spiro atoms. The molecule has 0 radical (unpaired) electrons. The zero-order chi connectivity index (χ0) is 13.7. The third-order valence-corrected chi connectivity index (χ3v) is 3.40. The molecule has 1 amide bonds. The molecule has 0 aliphatic rings. The lowest BCUT2D eigenvalue weighted by Gasteiger charge is -2.12. The highest BCUT2D eigenvalue weighted by Crippen LogP contribution is 2.13. The summed E-state index contributed by atoms with van der Waals surface area (Å²) >= 11 is 2.21. The lowest BCUT2D eigenvalue weighted by Crippen LogP contribution is -2.37. The molecule has 4 heteroatoms. The van der Waals surface area contributed by atoms with Crippen LogP contribution in [0, 0.1) is 3.57 Å². The molecule has 0 aliphatic carbocycles. The van der Waals surface area contributed by atoms with Crippen molar-refractivity contribution in [2.75, 3.05) is 5.32 Å². The van der Waals surface area contributed by atoms with Crippen molar-refractivity contribution in [1.29, 1.82) is 0 Å². The van der Waals surface area contributed by atoms with Gasteiger partial charge in [-0.15, -0.1) is 0 Å². The Hall–Kier alpha value is -1.40. The van der Waals surface area contributed by atoms with Crippen molar-refractivity contribution in [3.05, 3.63) is 63.7 Å². The fraction of sp³-hybridized carbons (Fsp3) is 0.133. The number of rotatable bonds is 4. The van der Waals surface area contributed by atoms with Crippen LogP contribution in [-0.2, 0) is 11.2 Å². The smallest absolute Gasteiger partial charge is 0.241 e. The first-order valence-electron chi connectivity index (χ1n) is 6.01. The summed E-state index contributed by atoms with van der Waals surface area (Å²) in [6.07, 6.45) is 0.538. The lowest BCUT2D eigenvalue weighted by atomic mass is 10.1. The second-order valence-electron chi connectivity index (χ2n) is 4.30. The van der Waals surface area contributed by atoms with Gasteiger partial charge in [-0.05, 0) is 52.8 Å². The molecule has 2 aromatic carbocycles. The monoisotopic (exact) mass is 366 g/mol. The summed E-state index contributed by atoms with van der Waals surface area (Å²) in [4.78, 5) is 12.0. The first kappa shape index (κ1) is 14.0. The largest absolute Gasteiger partial charge is 0.325 e. The molecule has 98 valence electrons. The Morgan fingerprint density at radius 3 is 2.58 bits per heavy atom. The topological polar surface area (TPSA) is 55.1 Å². The predicted octanol–water partition coefficient (Wildman–Crippen LogP) is 2.80. The van der Waals surface area contributed by atoms with Gasteiger partial charge in [0.25, 0.3) is 0 Å². The normalized spacial score (nSPS) is 11.9. The maximum Gasteiger partial charge on any atom is 0.241 e. The van der Waals surface area contributed by atoms with Crippen molar-refractivity contribution in [2.45, 2.75) is 12.5 Å². The number of anilines is 1. The molecule has 0 saturated heterocycles. The van der Waals surface area contributed by atoms with Crippen LogP contribution in [0.3, 0.4) is 0 Å². The van der Waals surface area contributed by atoms with Crippen molar-refractivity contribution in [1.82, 2.24) is 0 Å². The van der Waals surface area contributed by atoms with Gasteiger partial charge < -0.3 is 11.1 Å². The second-order valence-corrected chi connectivity index (χ2v) is 5.54. The van der Waals surface area contributed by atoms with E-state index in [9.17, 15) is 4.79 Å². The minimum atomic E-state index is -0.541. The standard InChI is InChI=1S/C15H15IN2O/c16-12-7-4-8-13(10-12)18-15(19)14(17)9-11-5-2-1-3-6-11/h1-8,10,14H,9,17H2,(H,18,19)/t14-/m0/s1. The summed E-state index contributed by atoms with van der Waals surface area (Å²) in [6, 6.07) is 16.9. The van der Waals surface area contributed by atoms with E-state index in [1.807, 2.05) is 54.6 Å². The number of nitrogens with one attached hydrogen (secondary N) is 1. The second kappa shape index (κ2) is 6.68. The zero-order valence-corrected chi connectivity index (χ0v) is 12.5. The molecule has 0 unspecified atom stereocenters. The van der Waals surface area contributed by atoms with Crippen molar-refractivity contribution < 1.29 is 4.79 Å². The molecule has 2 aromatic rings. The number of carbonyl (C=O) groups is 1. The summed E-state index contributed by atoms with van der Waals surface area (Å²) in [5.74, 6) is -0.161. The molecule has 3 nitrogen and oxygen atoms in total. The molecule has 2 rings (SSSR count). The van der Waals surface area contributed by atoms with E-state index in [2.05, 4.69) is 27.9 Å². The Balaban J connectivity index is 1.96. The molecule has 1 atom stereocenters. The van der Waals surface area contributed by atoms with E-state index in [-0.39, 0.29) is 5.91 Å². The average molecular weight is 366 g/mol. The number of halogens is 1. The van der Waals surface area contributed by atoms with Gasteiger partial charge in [0.05, 0.1) is 6.04 Å². The van der Waals surface area contributed by atoms with Crippen LogP contribution < -0.4 is 11.1 Å². The van der Waals surface area contributed by atoms with E-state index in [1.165, 1.54) is 0 Å². The Labute approximate surface area is 126 Å². The fourth-order valence-corrected chi connectivity index (χ4v) is 2.31. The Morgan fingerprint density at radius 1 is 1.16 bits per heavy atom. The Kier molecular flexibility index (Phi) is 4.93. The van der Waals surface area contributed by atoms with Gasteiger partial charge >= 0.3 is 0 Å². The van der Waals surface area contributed by atoms with Crippen molar-refractivity contribution in [3.63, 3.8) is 0 Å². The van der Waals surface area contributed by atoms with E-state index in [4.69, 9.17) is 5.73 Å². The van der Waals surface area contributed by atoms with Gasteiger partial charge in [0.15, 0.2) is 0 Å². The van der Waals surface area contributed by atoms with E-state index in [0.29, 0.717) is 6.42 Å². The van der Waals surface area contributed by atoms with E-state index < -0.39 is 6.04 Å². The summed E-state index contributed by atoms with van der Waals surface area (Å²) in [7, 11) is 0. The molecule has 3 N–H and O–H groups in total. The van der Waals surface area contributed by atoms with Gasteiger partial charge in [0.1, 0.15) is 0 Å².